The van der Waals surface area contributed by atoms with E-state index < -0.39 is 18.1 Å². The van der Waals surface area contributed by atoms with Crippen molar-refractivity contribution < 1.29 is 24.3 Å². The van der Waals surface area contributed by atoms with Crippen LogP contribution in [0.3, 0.4) is 0 Å². The minimum atomic E-state index is -1.09. The smallest absolute Gasteiger partial charge is 0.270 e. The van der Waals surface area contributed by atoms with Gasteiger partial charge in [0.1, 0.15) is 12.1 Å². The monoisotopic (exact) mass is 473 g/mol. The van der Waals surface area contributed by atoms with Crippen molar-refractivity contribution in [3.05, 3.63) is 42.0 Å². The molecule has 188 valence electrons. The number of benzene rings is 1. The summed E-state index contributed by atoms with van der Waals surface area (Å²) in [6, 6.07) is 8.49. The number of hydroxylamine groups is 1. The second-order valence-corrected chi connectivity index (χ2v) is 9.53. The van der Waals surface area contributed by atoms with Crippen LogP contribution in [0.4, 0.5) is 0 Å². The van der Waals surface area contributed by atoms with Gasteiger partial charge in [0.05, 0.1) is 0 Å². The van der Waals surface area contributed by atoms with Gasteiger partial charge in [-0.1, -0.05) is 70.2 Å². The molecule has 1 heterocycles. The molecular formula is C26H39N3O5. The van der Waals surface area contributed by atoms with Crippen molar-refractivity contribution in [1.82, 2.24) is 15.5 Å². The zero-order valence-electron chi connectivity index (χ0n) is 20.8. The van der Waals surface area contributed by atoms with Crippen LogP contribution in [0.25, 0.3) is 6.08 Å². The first-order valence-corrected chi connectivity index (χ1v) is 12.1. The van der Waals surface area contributed by atoms with Gasteiger partial charge in [-0.2, -0.15) is 0 Å². The van der Waals surface area contributed by atoms with Gasteiger partial charge >= 0.3 is 0 Å². The summed E-state index contributed by atoms with van der Waals surface area (Å²) >= 11 is 0. The predicted octanol–water partition coefficient (Wildman–Crippen LogP) is 3.81. The molecule has 34 heavy (non-hydrogen) atoms. The van der Waals surface area contributed by atoms with Crippen LogP contribution in [-0.2, 0) is 19.1 Å². The Bertz CT molecular complexity index is 819. The van der Waals surface area contributed by atoms with E-state index in [0.717, 1.165) is 12.0 Å². The molecule has 1 aromatic rings. The quantitative estimate of drug-likeness (QED) is 0.376. The third-order valence-electron chi connectivity index (χ3n) is 5.63. The number of hydrogen-bond acceptors (Lipinski definition) is 5. The number of carbonyl (C=O) groups is 3. The van der Waals surface area contributed by atoms with Crippen molar-refractivity contribution in [3.8, 4) is 0 Å². The normalized spacial score (nSPS) is 16.7. The number of rotatable bonds is 11. The van der Waals surface area contributed by atoms with Crippen LogP contribution in [0.2, 0.25) is 0 Å². The van der Waals surface area contributed by atoms with E-state index in [9.17, 15) is 19.6 Å². The molecule has 0 aromatic heterocycles. The summed E-state index contributed by atoms with van der Waals surface area (Å²) in [6.07, 6.45) is 5.26. The fraction of sp³-hybridized carbons (Fsp3) is 0.577. The predicted molar refractivity (Wildman–Crippen MR) is 130 cm³/mol. The van der Waals surface area contributed by atoms with Gasteiger partial charge in [-0.3, -0.25) is 19.6 Å². The molecule has 0 bridgehead atoms. The van der Waals surface area contributed by atoms with E-state index in [1.807, 2.05) is 64.1 Å². The van der Waals surface area contributed by atoms with Gasteiger partial charge in [-0.15, -0.1) is 0 Å². The standard InChI is InChI=1S/C26H39N3O5/c1-19(2)15-16-24(30)29(28(18-20(3)4)26(32)23-14-9-17-34-23)22(25(31)27-33)13-8-12-21-10-6-5-7-11-21/h5-8,10-12,19-20,22-23,33H,9,13-18H2,1-4H3,(H,27,31)/t22-,23+/m0/s1. The first-order chi connectivity index (χ1) is 16.2. The molecule has 1 aliphatic heterocycles. The van der Waals surface area contributed by atoms with Crippen LogP contribution in [0.15, 0.2) is 36.4 Å². The van der Waals surface area contributed by atoms with Gasteiger partial charge in [0.25, 0.3) is 11.8 Å². The van der Waals surface area contributed by atoms with Crippen LogP contribution < -0.4 is 5.48 Å². The SMILES string of the molecule is CC(C)CCC(=O)N([C@@H](CC=Cc1ccccc1)C(=O)NO)N(CC(C)C)C(=O)[C@H]1CCCO1. The van der Waals surface area contributed by atoms with E-state index in [1.54, 1.807) is 11.6 Å². The maximum atomic E-state index is 13.5. The van der Waals surface area contributed by atoms with E-state index >= 15 is 0 Å². The highest BCUT2D eigenvalue weighted by atomic mass is 16.5. The molecule has 1 aromatic carbocycles. The van der Waals surface area contributed by atoms with E-state index in [4.69, 9.17) is 4.74 Å². The lowest BCUT2D eigenvalue weighted by Crippen LogP contribution is -2.61. The zero-order valence-corrected chi connectivity index (χ0v) is 20.8. The van der Waals surface area contributed by atoms with Gasteiger partial charge in [-0.25, -0.2) is 15.5 Å². The summed E-state index contributed by atoms with van der Waals surface area (Å²) in [5.74, 6) is -1.08. The van der Waals surface area contributed by atoms with Crippen LogP contribution in [0.1, 0.15) is 65.4 Å². The Kier molecular flexibility index (Phi) is 11.2. The largest absolute Gasteiger partial charge is 0.368 e. The summed E-state index contributed by atoms with van der Waals surface area (Å²) in [4.78, 5) is 39.8. The molecular weight excluding hydrogens is 434 g/mol. The minimum Gasteiger partial charge on any atom is -0.368 e. The van der Waals surface area contributed by atoms with Crippen molar-refractivity contribution in [1.29, 1.82) is 0 Å². The van der Waals surface area contributed by atoms with Gasteiger partial charge < -0.3 is 4.74 Å². The lowest BCUT2D eigenvalue weighted by Gasteiger charge is -2.41. The molecule has 2 rings (SSSR count). The maximum absolute atomic E-state index is 13.5. The second-order valence-electron chi connectivity index (χ2n) is 9.53. The number of ether oxygens (including phenoxy) is 1. The summed E-state index contributed by atoms with van der Waals surface area (Å²) in [6.45, 7) is 8.67. The Balaban J connectivity index is 2.42. The van der Waals surface area contributed by atoms with Crippen molar-refractivity contribution in [3.63, 3.8) is 0 Å². The number of nitrogens with one attached hydrogen (secondary N) is 1. The third-order valence-corrected chi connectivity index (χ3v) is 5.63. The Morgan fingerprint density at radius 1 is 1.15 bits per heavy atom. The summed E-state index contributed by atoms with van der Waals surface area (Å²) in [7, 11) is 0. The lowest BCUT2D eigenvalue weighted by molar-refractivity contribution is -0.180. The first-order valence-electron chi connectivity index (χ1n) is 12.1. The number of amides is 3. The van der Waals surface area contributed by atoms with E-state index in [2.05, 4.69) is 0 Å². The molecule has 0 saturated carbocycles. The number of hydrogen-bond donors (Lipinski definition) is 2. The van der Waals surface area contributed by atoms with E-state index in [1.165, 1.54) is 10.0 Å². The molecule has 0 unspecified atom stereocenters. The van der Waals surface area contributed by atoms with Crippen LogP contribution >= 0.6 is 0 Å². The highest BCUT2D eigenvalue weighted by molar-refractivity contribution is 5.90. The Morgan fingerprint density at radius 2 is 1.85 bits per heavy atom. The third kappa shape index (κ3) is 8.25. The molecule has 2 atom stereocenters. The minimum absolute atomic E-state index is 0.0449. The fourth-order valence-corrected chi connectivity index (χ4v) is 3.86. The van der Waals surface area contributed by atoms with Crippen molar-refractivity contribution in [2.45, 2.75) is 71.9 Å². The fourth-order valence-electron chi connectivity index (χ4n) is 3.86. The number of carbonyl (C=O) groups excluding carboxylic acids is 3. The molecule has 8 heteroatoms. The van der Waals surface area contributed by atoms with Gasteiger partial charge in [-0.05, 0) is 43.1 Å². The van der Waals surface area contributed by atoms with Gasteiger partial charge in [0.2, 0.25) is 5.91 Å². The van der Waals surface area contributed by atoms with Crippen molar-refractivity contribution >= 4 is 23.8 Å². The van der Waals surface area contributed by atoms with Gasteiger partial charge in [0, 0.05) is 19.6 Å². The Hall–Kier alpha value is -2.71. The van der Waals surface area contributed by atoms with E-state index in [-0.39, 0.29) is 43.0 Å². The first kappa shape index (κ1) is 27.5. The summed E-state index contributed by atoms with van der Waals surface area (Å²) < 4.78 is 5.62. The molecule has 0 aliphatic carbocycles. The average molecular weight is 474 g/mol. The lowest BCUT2D eigenvalue weighted by atomic mass is 10.1. The molecule has 0 spiro atoms. The molecule has 1 fully saturated rings. The van der Waals surface area contributed by atoms with E-state index in [0.29, 0.717) is 19.4 Å². The molecule has 3 amide bonds. The maximum Gasteiger partial charge on any atom is 0.270 e. The van der Waals surface area contributed by atoms with Crippen molar-refractivity contribution in [2.75, 3.05) is 13.2 Å². The number of hydrazine groups is 1. The molecule has 1 aliphatic rings. The highest BCUT2D eigenvalue weighted by Crippen LogP contribution is 2.22. The summed E-state index contributed by atoms with van der Waals surface area (Å²) in [5.41, 5.74) is 2.64. The van der Waals surface area contributed by atoms with Gasteiger partial charge in [0.15, 0.2) is 0 Å². The molecule has 8 nitrogen and oxygen atoms in total. The zero-order chi connectivity index (χ0) is 25.1. The number of nitrogens with zero attached hydrogens (tertiary/aromatic N) is 2. The van der Waals surface area contributed by atoms with Crippen molar-refractivity contribution in [2.24, 2.45) is 11.8 Å². The molecule has 2 N–H and O–H groups in total. The average Bonchev–Trinajstić information content (AvgIpc) is 3.35. The Labute approximate surface area is 202 Å². The highest BCUT2D eigenvalue weighted by Gasteiger charge is 2.39. The molecule has 0 radical (unpaired) electrons. The summed E-state index contributed by atoms with van der Waals surface area (Å²) in [5, 5.41) is 12.1. The topological polar surface area (TPSA) is 99.2 Å². The molecule has 1 saturated heterocycles. The Morgan fingerprint density at radius 3 is 2.41 bits per heavy atom. The van der Waals surface area contributed by atoms with Crippen LogP contribution in [0.5, 0.6) is 0 Å². The second kappa shape index (κ2) is 13.9. The van der Waals surface area contributed by atoms with Crippen LogP contribution in [0, 0.1) is 11.8 Å². The van der Waals surface area contributed by atoms with Crippen LogP contribution in [-0.4, -0.2) is 58.2 Å².